The minimum Gasteiger partial charge on any atom is -0.484 e. The molecule has 2 rings (SSSR count). The molecule has 0 aliphatic carbocycles. The maximum atomic E-state index is 11.7. The van der Waals surface area contributed by atoms with Gasteiger partial charge in [-0.1, -0.05) is 23.2 Å². The molecule has 0 radical (unpaired) electrons. The zero-order valence-corrected chi connectivity index (χ0v) is 12.6. The molecule has 4 nitrogen and oxygen atoms in total. The Bertz CT molecular complexity index is 442. The topological polar surface area (TPSA) is 50.4 Å². The van der Waals surface area contributed by atoms with Gasteiger partial charge >= 0.3 is 0 Å². The SMILES string of the molecule is O=C(COc1cc(Cl)cc(Cl)c1)NCC1CCCNC1. The first-order valence-corrected chi connectivity index (χ1v) is 7.45. The number of rotatable bonds is 5. The van der Waals surface area contributed by atoms with Crippen LogP contribution < -0.4 is 15.4 Å². The fourth-order valence-electron chi connectivity index (χ4n) is 2.17. The van der Waals surface area contributed by atoms with Gasteiger partial charge in [-0.15, -0.1) is 0 Å². The van der Waals surface area contributed by atoms with Crippen LogP contribution in [0.3, 0.4) is 0 Å². The smallest absolute Gasteiger partial charge is 0.257 e. The Hall–Kier alpha value is -0.970. The molecule has 1 unspecified atom stereocenters. The number of hydrogen-bond acceptors (Lipinski definition) is 3. The van der Waals surface area contributed by atoms with Crippen molar-refractivity contribution in [1.29, 1.82) is 0 Å². The summed E-state index contributed by atoms with van der Waals surface area (Å²) in [5.41, 5.74) is 0. The molecule has 1 fully saturated rings. The van der Waals surface area contributed by atoms with Gasteiger partial charge in [-0.3, -0.25) is 4.79 Å². The third-order valence-electron chi connectivity index (χ3n) is 3.19. The van der Waals surface area contributed by atoms with Crippen LogP contribution in [0, 0.1) is 5.92 Å². The van der Waals surface area contributed by atoms with Gasteiger partial charge in [0.05, 0.1) is 0 Å². The number of carbonyl (C=O) groups excluding carboxylic acids is 1. The normalized spacial score (nSPS) is 18.6. The Morgan fingerprint density at radius 2 is 2.10 bits per heavy atom. The number of nitrogens with one attached hydrogen (secondary N) is 2. The molecule has 2 N–H and O–H groups in total. The van der Waals surface area contributed by atoms with E-state index < -0.39 is 0 Å². The molecule has 0 spiro atoms. The van der Waals surface area contributed by atoms with Gasteiger partial charge in [-0.25, -0.2) is 0 Å². The van der Waals surface area contributed by atoms with Crippen LogP contribution in [0.5, 0.6) is 5.75 Å². The van der Waals surface area contributed by atoms with E-state index in [1.165, 1.54) is 0 Å². The summed E-state index contributed by atoms with van der Waals surface area (Å²) in [5.74, 6) is 0.872. The molecule has 110 valence electrons. The number of benzene rings is 1. The van der Waals surface area contributed by atoms with Crippen LogP contribution in [0.25, 0.3) is 0 Å². The van der Waals surface area contributed by atoms with Gasteiger partial charge in [0.15, 0.2) is 6.61 Å². The Morgan fingerprint density at radius 3 is 2.75 bits per heavy atom. The van der Waals surface area contributed by atoms with Gasteiger partial charge in [0, 0.05) is 16.6 Å². The largest absolute Gasteiger partial charge is 0.484 e. The predicted molar refractivity (Wildman–Crippen MR) is 80.6 cm³/mol. The minimum absolute atomic E-state index is 0.0309. The zero-order valence-electron chi connectivity index (χ0n) is 11.1. The van der Waals surface area contributed by atoms with E-state index in [9.17, 15) is 4.79 Å². The van der Waals surface area contributed by atoms with Gasteiger partial charge in [-0.05, 0) is 50.0 Å². The van der Waals surface area contributed by atoms with Crippen LogP contribution in [-0.2, 0) is 4.79 Å². The molecule has 0 saturated carbocycles. The molecular weight excluding hydrogens is 299 g/mol. The van der Waals surface area contributed by atoms with Crippen molar-refractivity contribution in [3.8, 4) is 5.75 Å². The van der Waals surface area contributed by atoms with Gasteiger partial charge in [-0.2, -0.15) is 0 Å². The molecular formula is C14H18Cl2N2O2. The van der Waals surface area contributed by atoms with E-state index in [-0.39, 0.29) is 12.5 Å². The number of amides is 1. The standard InChI is InChI=1S/C14H18Cl2N2O2/c15-11-4-12(16)6-13(5-11)20-9-14(19)18-8-10-2-1-3-17-7-10/h4-6,10,17H,1-3,7-9H2,(H,18,19). The first kappa shape index (κ1) is 15.4. The van der Waals surface area contributed by atoms with Crippen LogP contribution in [-0.4, -0.2) is 32.1 Å². The van der Waals surface area contributed by atoms with E-state index in [0.29, 0.717) is 28.3 Å². The van der Waals surface area contributed by atoms with Crippen molar-refractivity contribution >= 4 is 29.1 Å². The molecule has 0 aromatic heterocycles. The average molecular weight is 317 g/mol. The molecule has 20 heavy (non-hydrogen) atoms. The number of halogens is 2. The summed E-state index contributed by atoms with van der Waals surface area (Å²) in [6.07, 6.45) is 2.32. The molecule has 1 amide bonds. The maximum absolute atomic E-state index is 11.7. The number of piperidine rings is 1. The summed E-state index contributed by atoms with van der Waals surface area (Å²) < 4.78 is 5.37. The molecule has 1 saturated heterocycles. The average Bonchev–Trinajstić information content (AvgIpc) is 2.43. The predicted octanol–water partition coefficient (Wildman–Crippen LogP) is 2.49. The van der Waals surface area contributed by atoms with Gasteiger partial charge in [0.25, 0.3) is 5.91 Å². The monoisotopic (exact) mass is 316 g/mol. The van der Waals surface area contributed by atoms with Crippen LogP contribution in [0.1, 0.15) is 12.8 Å². The Balaban J connectivity index is 1.71. The zero-order chi connectivity index (χ0) is 14.4. The molecule has 1 aromatic rings. The van der Waals surface area contributed by atoms with Crippen molar-refractivity contribution in [2.75, 3.05) is 26.2 Å². The van der Waals surface area contributed by atoms with E-state index in [2.05, 4.69) is 10.6 Å². The van der Waals surface area contributed by atoms with Crippen LogP contribution in [0.15, 0.2) is 18.2 Å². The fourth-order valence-corrected chi connectivity index (χ4v) is 2.67. The maximum Gasteiger partial charge on any atom is 0.257 e. The summed E-state index contributed by atoms with van der Waals surface area (Å²) in [4.78, 5) is 11.7. The van der Waals surface area contributed by atoms with Gasteiger partial charge in [0.2, 0.25) is 0 Å². The first-order chi connectivity index (χ1) is 9.63. The summed E-state index contributed by atoms with van der Waals surface area (Å²) in [5, 5.41) is 7.17. The molecule has 1 heterocycles. The molecule has 1 aliphatic rings. The highest BCUT2D eigenvalue weighted by molar-refractivity contribution is 6.34. The highest BCUT2D eigenvalue weighted by atomic mass is 35.5. The van der Waals surface area contributed by atoms with Crippen molar-refractivity contribution < 1.29 is 9.53 Å². The second kappa shape index (κ2) is 7.72. The summed E-state index contributed by atoms with van der Waals surface area (Å²) in [7, 11) is 0. The second-order valence-corrected chi connectivity index (χ2v) is 5.78. The minimum atomic E-state index is -0.133. The van der Waals surface area contributed by atoms with Crippen LogP contribution >= 0.6 is 23.2 Å². The van der Waals surface area contributed by atoms with Crippen LogP contribution in [0.4, 0.5) is 0 Å². The number of hydrogen-bond donors (Lipinski definition) is 2. The lowest BCUT2D eigenvalue weighted by atomic mass is 10.00. The van der Waals surface area contributed by atoms with E-state index in [1.54, 1.807) is 18.2 Å². The Kier molecular flexibility index (Phi) is 5.95. The molecule has 1 aromatic carbocycles. The summed E-state index contributed by atoms with van der Waals surface area (Å²) in [6, 6.07) is 4.88. The second-order valence-electron chi connectivity index (χ2n) is 4.91. The summed E-state index contributed by atoms with van der Waals surface area (Å²) >= 11 is 11.7. The molecule has 1 atom stereocenters. The van der Waals surface area contributed by atoms with Crippen molar-refractivity contribution in [3.05, 3.63) is 28.2 Å². The van der Waals surface area contributed by atoms with Crippen molar-refractivity contribution in [2.24, 2.45) is 5.92 Å². The fraction of sp³-hybridized carbons (Fsp3) is 0.500. The van der Waals surface area contributed by atoms with Crippen LogP contribution in [0.2, 0.25) is 10.0 Å². The van der Waals surface area contributed by atoms with E-state index in [1.807, 2.05) is 0 Å². The lowest BCUT2D eigenvalue weighted by Gasteiger charge is -2.22. The van der Waals surface area contributed by atoms with Crippen molar-refractivity contribution in [1.82, 2.24) is 10.6 Å². The molecule has 0 bridgehead atoms. The quantitative estimate of drug-likeness (QED) is 0.877. The number of ether oxygens (including phenoxy) is 1. The molecule has 6 heteroatoms. The highest BCUT2D eigenvalue weighted by Gasteiger charge is 2.14. The van der Waals surface area contributed by atoms with E-state index >= 15 is 0 Å². The Labute approximate surface area is 128 Å². The highest BCUT2D eigenvalue weighted by Crippen LogP contribution is 2.24. The molecule has 1 aliphatic heterocycles. The third kappa shape index (κ3) is 5.19. The lowest BCUT2D eigenvalue weighted by Crippen LogP contribution is -2.39. The van der Waals surface area contributed by atoms with Gasteiger partial charge in [0.1, 0.15) is 5.75 Å². The number of carbonyl (C=O) groups is 1. The van der Waals surface area contributed by atoms with Crippen molar-refractivity contribution in [2.45, 2.75) is 12.8 Å². The summed E-state index contributed by atoms with van der Waals surface area (Å²) in [6.45, 7) is 2.69. The van der Waals surface area contributed by atoms with E-state index in [0.717, 1.165) is 25.9 Å². The third-order valence-corrected chi connectivity index (χ3v) is 3.63. The first-order valence-electron chi connectivity index (χ1n) is 6.70. The van der Waals surface area contributed by atoms with E-state index in [4.69, 9.17) is 27.9 Å². The lowest BCUT2D eigenvalue weighted by molar-refractivity contribution is -0.123. The van der Waals surface area contributed by atoms with Crippen molar-refractivity contribution in [3.63, 3.8) is 0 Å². The van der Waals surface area contributed by atoms with Gasteiger partial charge < -0.3 is 15.4 Å². The Morgan fingerprint density at radius 1 is 1.35 bits per heavy atom.